The van der Waals surface area contributed by atoms with Gasteiger partial charge in [-0.05, 0) is 45.7 Å². The van der Waals surface area contributed by atoms with Gasteiger partial charge in [-0.3, -0.25) is 0 Å². The van der Waals surface area contributed by atoms with Crippen LogP contribution in [0.1, 0.15) is 33.1 Å². The normalized spacial score (nSPS) is 16.3. The van der Waals surface area contributed by atoms with E-state index < -0.39 is 18.1 Å². The summed E-state index contributed by atoms with van der Waals surface area (Å²) in [5.74, 6) is 0. The summed E-state index contributed by atoms with van der Waals surface area (Å²) < 4.78 is 37.2. The van der Waals surface area contributed by atoms with Crippen LogP contribution in [0.5, 0.6) is 0 Å². The fraction of sp³-hybridized carbons (Fsp3) is 1.00. The first-order valence-electron chi connectivity index (χ1n) is 9.89. The Morgan fingerprint density at radius 1 is 1.00 bits per heavy atom. The van der Waals surface area contributed by atoms with Gasteiger partial charge in [-0.25, -0.2) is 0 Å². The van der Waals surface area contributed by atoms with Gasteiger partial charge in [-0.15, -0.1) is 0 Å². The van der Waals surface area contributed by atoms with Gasteiger partial charge in [0.25, 0.3) is 0 Å². The third-order valence-electron chi connectivity index (χ3n) is 4.01. The number of hydrogen-bond acceptors (Lipinski definition) is 8. The molecule has 0 aromatic carbocycles. The smallest absolute Gasteiger partial charge is 0.397 e. The highest BCUT2D eigenvalue weighted by Crippen LogP contribution is 2.13. The maximum atomic E-state index is 5.59. The third-order valence-corrected chi connectivity index (χ3v) is 9.13. The predicted molar refractivity (Wildman–Crippen MR) is 110 cm³/mol. The second-order valence-corrected chi connectivity index (χ2v) is 11.2. The van der Waals surface area contributed by atoms with E-state index in [-0.39, 0.29) is 0 Å². The fourth-order valence-corrected chi connectivity index (χ4v) is 5.90. The molecule has 0 radical (unpaired) electrons. The van der Waals surface area contributed by atoms with Gasteiger partial charge in [0, 0.05) is 47.2 Å². The van der Waals surface area contributed by atoms with Gasteiger partial charge >= 0.3 is 18.1 Å². The molecule has 1 saturated heterocycles. The molecule has 1 rings (SSSR count). The van der Waals surface area contributed by atoms with Crippen LogP contribution in [0.3, 0.4) is 0 Å². The summed E-state index contributed by atoms with van der Waals surface area (Å²) in [5.41, 5.74) is 5.36. The number of ether oxygens (including phenoxy) is 2. The predicted octanol–water partition coefficient (Wildman–Crippen LogP) is 1.69. The number of nitrogens with two attached hydrogens (primary N) is 1. The van der Waals surface area contributed by atoms with Crippen LogP contribution in [0.2, 0.25) is 12.1 Å². The highest BCUT2D eigenvalue weighted by atomic mass is 28.4. The standard InChI is InChI=1S/C11H24O4Si.C6H17NO3Si/c1-3-14-16(15-4-2)8-6-5-7-12-9-11-10-13-11;1-8-11(9-2,10-3)6-4-5-7/h11,16H,3-10H2,1-2H3;4-7H2,1-3H3. The summed E-state index contributed by atoms with van der Waals surface area (Å²) in [6.07, 6.45) is 3.49. The van der Waals surface area contributed by atoms with Crippen LogP contribution in [0.15, 0.2) is 0 Å². The Labute approximate surface area is 168 Å². The van der Waals surface area contributed by atoms with E-state index in [9.17, 15) is 0 Å². The van der Waals surface area contributed by atoms with Crippen molar-refractivity contribution in [1.82, 2.24) is 0 Å². The Morgan fingerprint density at radius 2 is 1.59 bits per heavy atom. The van der Waals surface area contributed by atoms with E-state index in [1.54, 1.807) is 21.3 Å². The van der Waals surface area contributed by atoms with Gasteiger partial charge in [-0.1, -0.05) is 0 Å². The van der Waals surface area contributed by atoms with E-state index in [2.05, 4.69) is 0 Å². The molecular weight excluding hydrogens is 386 g/mol. The second-order valence-electron chi connectivity index (χ2n) is 6.05. The fourth-order valence-electron chi connectivity index (χ4n) is 2.36. The molecule has 1 aliphatic heterocycles. The van der Waals surface area contributed by atoms with Crippen molar-refractivity contribution in [2.75, 3.05) is 60.9 Å². The Kier molecular flexibility index (Phi) is 18.2. The first-order chi connectivity index (χ1) is 13.1. The zero-order chi connectivity index (χ0) is 20.4. The molecule has 0 spiro atoms. The quantitative estimate of drug-likeness (QED) is 0.213. The molecule has 8 nitrogen and oxygen atoms in total. The molecule has 1 atom stereocenters. The maximum Gasteiger partial charge on any atom is 0.500 e. The maximum absolute atomic E-state index is 5.59. The van der Waals surface area contributed by atoms with Crippen molar-refractivity contribution in [3.05, 3.63) is 0 Å². The summed E-state index contributed by atoms with van der Waals surface area (Å²) in [5, 5.41) is 0. The Bertz CT molecular complexity index is 307. The molecule has 1 heterocycles. The lowest BCUT2D eigenvalue weighted by Gasteiger charge is -2.23. The summed E-state index contributed by atoms with van der Waals surface area (Å²) in [6, 6.07) is 1.87. The summed E-state index contributed by atoms with van der Waals surface area (Å²) in [7, 11) is 1.13. The zero-order valence-electron chi connectivity index (χ0n) is 17.9. The lowest BCUT2D eigenvalue weighted by molar-refractivity contribution is 0.113. The van der Waals surface area contributed by atoms with Crippen molar-refractivity contribution in [2.24, 2.45) is 5.73 Å². The minimum absolute atomic E-state index is 0.383. The van der Waals surface area contributed by atoms with Crippen molar-refractivity contribution in [2.45, 2.75) is 51.3 Å². The average Bonchev–Trinajstić information content (AvgIpc) is 3.51. The summed E-state index contributed by atoms with van der Waals surface area (Å²) in [6.45, 7) is 8.71. The third kappa shape index (κ3) is 14.7. The van der Waals surface area contributed by atoms with Gasteiger partial charge in [0.1, 0.15) is 6.10 Å². The minimum Gasteiger partial charge on any atom is -0.397 e. The van der Waals surface area contributed by atoms with E-state index in [1.807, 2.05) is 13.8 Å². The van der Waals surface area contributed by atoms with Crippen molar-refractivity contribution >= 4 is 18.1 Å². The topological polar surface area (TPSA) is 93.9 Å². The molecular formula is C17H41NO7Si2. The second kappa shape index (κ2) is 18.2. The van der Waals surface area contributed by atoms with Crippen molar-refractivity contribution in [1.29, 1.82) is 0 Å². The van der Waals surface area contributed by atoms with Gasteiger partial charge < -0.3 is 37.3 Å². The number of epoxide rings is 1. The number of rotatable bonds is 17. The van der Waals surface area contributed by atoms with Crippen LogP contribution in [-0.4, -0.2) is 85.1 Å². The molecule has 0 aromatic heterocycles. The van der Waals surface area contributed by atoms with E-state index in [1.165, 1.54) is 0 Å². The number of hydrogen-bond donors (Lipinski definition) is 1. The molecule has 1 aliphatic rings. The highest BCUT2D eigenvalue weighted by Gasteiger charge is 2.36. The molecule has 1 unspecified atom stereocenters. The molecule has 2 N–H and O–H groups in total. The van der Waals surface area contributed by atoms with Crippen LogP contribution in [0, 0.1) is 0 Å². The molecule has 0 aliphatic carbocycles. The van der Waals surface area contributed by atoms with E-state index in [4.69, 9.17) is 37.3 Å². The molecule has 10 heteroatoms. The molecule has 0 amide bonds. The van der Waals surface area contributed by atoms with Crippen LogP contribution < -0.4 is 5.73 Å². The first kappa shape index (κ1) is 27.1. The molecule has 0 bridgehead atoms. The van der Waals surface area contributed by atoms with Crippen molar-refractivity contribution in [3.63, 3.8) is 0 Å². The molecule has 27 heavy (non-hydrogen) atoms. The SMILES string of the molecule is CCO[SiH](CCCCOCC1CO1)OCC.CO[Si](CCCN)(OC)OC. The largest absolute Gasteiger partial charge is 0.500 e. The van der Waals surface area contributed by atoms with Crippen LogP contribution in [-0.2, 0) is 31.6 Å². The van der Waals surface area contributed by atoms with Crippen LogP contribution in [0.25, 0.3) is 0 Å². The lowest BCUT2D eigenvalue weighted by Crippen LogP contribution is -2.42. The summed E-state index contributed by atoms with van der Waals surface area (Å²) in [4.78, 5) is 0. The average molecular weight is 428 g/mol. The Hall–Kier alpha value is 0.114. The van der Waals surface area contributed by atoms with Gasteiger partial charge in [0.05, 0.1) is 13.2 Å². The Morgan fingerprint density at radius 3 is 2.04 bits per heavy atom. The first-order valence-corrected chi connectivity index (χ1v) is 13.6. The van der Waals surface area contributed by atoms with E-state index >= 15 is 0 Å². The molecule has 1 fully saturated rings. The van der Waals surface area contributed by atoms with Crippen LogP contribution >= 0.6 is 0 Å². The number of unbranched alkanes of at least 4 members (excludes halogenated alkanes) is 1. The highest BCUT2D eigenvalue weighted by molar-refractivity contribution is 6.60. The van der Waals surface area contributed by atoms with Crippen molar-refractivity contribution < 1.29 is 31.6 Å². The van der Waals surface area contributed by atoms with Crippen LogP contribution in [0.4, 0.5) is 0 Å². The van der Waals surface area contributed by atoms with Gasteiger partial charge in [0.2, 0.25) is 0 Å². The Balaban J connectivity index is 0.000000541. The van der Waals surface area contributed by atoms with E-state index in [0.29, 0.717) is 12.6 Å². The molecule has 0 saturated carbocycles. The van der Waals surface area contributed by atoms with Crippen molar-refractivity contribution in [3.8, 4) is 0 Å². The minimum atomic E-state index is -2.32. The van der Waals surface area contributed by atoms with Gasteiger partial charge in [-0.2, -0.15) is 0 Å². The van der Waals surface area contributed by atoms with E-state index in [0.717, 1.165) is 64.4 Å². The zero-order valence-corrected chi connectivity index (χ0v) is 20.0. The van der Waals surface area contributed by atoms with Gasteiger partial charge in [0.15, 0.2) is 0 Å². The summed E-state index contributed by atoms with van der Waals surface area (Å²) >= 11 is 0. The monoisotopic (exact) mass is 427 g/mol. The molecule has 0 aromatic rings. The molecule has 164 valence electrons. The lowest BCUT2D eigenvalue weighted by atomic mass is 10.3.